The second-order valence-electron chi connectivity index (χ2n) is 8.10. The molecular formula is C22H27N5O3. The summed E-state index contributed by atoms with van der Waals surface area (Å²) in [5.74, 6) is 1.77. The number of benzene rings is 1. The predicted octanol–water partition coefficient (Wildman–Crippen LogP) is 2.81. The lowest BCUT2D eigenvalue weighted by atomic mass is 10.1. The zero-order chi connectivity index (χ0) is 21.7. The van der Waals surface area contributed by atoms with Gasteiger partial charge in [0, 0.05) is 30.7 Å². The van der Waals surface area contributed by atoms with E-state index in [1.165, 1.54) is 9.13 Å². The quantitative estimate of drug-likeness (QED) is 0.508. The van der Waals surface area contributed by atoms with Crippen LogP contribution in [-0.2, 0) is 13.6 Å². The molecule has 0 radical (unpaired) electrons. The van der Waals surface area contributed by atoms with E-state index in [1.54, 1.807) is 14.2 Å². The van der Waals surface area contributed by atoms with Crippen LogP contribution in [0, 0.1) is 19.8 Å². The van der Waals surface area contributed by atoms with E-state index in [-0.39, 0.29) is 11.2 Å². The molecule has 8 nitrogen and oxygen atoms in total. The fraction of sp³-hybridized carbons (Fsp3) is 0.409. The highest BCUT2D eigenvalue weighted by Gasteiger charge is 2.23. The largest absolute Gasteiger partial charge is 0.497 e. The molecule has 0 aliphatic rings. The first-order valence-corrected chi connectivity index (χ1v) is 10.1. The van der Waals surface area contributed by atoms with Crippen molar-refractivity contribution >= 4 is 16.9 Å². The van der Waals surface area contributed by atoms with Crippen molar-refractivity contribution in [2.45, 2.75) is 40.7 Å². The Labute approximate surface area is 174 Å². The summed E-state index contributed by atoms with van der Waals surface area (Å²) in [6, 6.07) is 7.67. The molecule has 8 heteroatoms. The van der Waals surface area contributed by atoms with E-state index in [1.807, 2.05) is 47.1 Å². The highest BCUT2D eigenvalue weighted by Crippen LogP contribution is 2.25. The smallest absolute Gasteiger partial charge is 0.332 e. The lowest BCUT2D eigenvalue weighted by molar-refractivity contribution is 0.414. The monoisotopic (exact) mass is 409 g/mol. The van der Waals surface area contributed by atoms with E-state index in [2.05, 4.69) is 13.8 Å². The maximum atomic E-state index is 13.3. The Hall–Kier alpha value is -3.29. The van der Waals surface area contributed by atoms with Crippen molar-refractivity contribution in [3.63, 3.8) is 0 Å². The van der Waals surface area contributed by atoms with Crippen LogP contribution >= 0.6 is 0 Å². The molecule has 3 aromatic heterocycles. The molecular weight excluding hydrogens is 382 g/mol. The number of aromatic nitrogens is 5. The normalized spacial score (nSPS) is 11.8. The van der Waals surface area contributed by atoms with Crippen molar-refractivity contribution in [3.8, 4) is 11.4 Å². The number of ether oxygens (including phenoxy) is 1. The molecule has 0 saturated heterocycles. The third-order valence-corrected chi connectivity index (χ3v) is 5.78. The fourth-order valence-electron chi connectivity index (χ4n) is 3.88. The lowest BCUT2D eigenvalue weighted by Gasteiger charge is -2.10. The van der Waals surface area contributed by atoms with Gasteiger partial charge in [-0.25, -0.2) is 4.79 Å². The van der Waals surface area contributed by atoms with Crippen molar-refractivity contribution in [1.82, 2.24) is 23.1 Å². The van der Waals surface area contributed by atoms with Crippen LogP contribution in [0.1, 0.15) is 31.7 Å². The summed E-state index contributed by atoms with van der Waals surface area (Å²) >= 11 is 0. The average molecular weight is 409 g/mol. The summed E-state index contributed by atoms with van der Waals surface area (Å²) < 4.78 is 11.9. The van der Waals surface area contributed by atoms with Crippen LogP contribution in [-0.4, -0.2) is 30.2 Å². The first kappa shape index (κ1) is 20.0. The van der Waals surface area contributed by atoms with E-state index < -0.39 is 0 Å². The van der Waals surface area contributed by atoms with Crippen LogP contribution in [0.15, 0.2) is 33.9 Å². The van der Waals surface area contributed by atoms with E-state index in [4.69, 9.17) is 9.72 Å². The standard InChI is InChI=1S/C22H27N5O3/c1-13(2)11-12-25-20(28)18-19(24(5)22(25)29)23-21-26(14(3)15(4)27(18)21)16-7-9-17(30-6)10-8-16/h7-10,13H,11-12H2,1-6H3. The van der Waals surface area contributed by atoms with Gasteiger partial charge in [-0.1, -0.05) is 13.8 Å². The zero-order valence-corrected chi connectivity index (χ0v) is 18.3. The molecule has 0 saturated carbocycles. The molecule has 0 unspecified atom stereocenters. The summed E-state index contributed by atoms with van der Waals surface area (Å²) in [5.41, 5.74) is 3.00. The van der Waals surface area contributed by atoms with Crippen LogP contribution in [0.4, 0.5) is 0 Å². The molecule has 158 valence electrons. The van der Waals surface area contributed by atoms with Crippen molar-refractivity contribution in [1.29, 1.82) is 0 Å². The second kappa shape index (κ2) is 7.19. The molecule has 3 heterocycles. The van der Waals surface area contributed by atoms with Gasteiger partial charge in [-0.15, -0.1) is 0 Å². The maximum absolute atomic E-state index is 13.3. The summed E-state index contributed by atoms with van der Waals surface area (Å²) in [5, 5.41) is 0. The van der Waals surface area contributed by atoms with Gasteiger partial charge in [0.1, 0.15) is 5.75 Å². The van der Waals surface area contributed by atoms with E-state index >= 15 is 0 Å². The number of hydrogen-bond acceptors (Lipinski definition) is 4. The second-order valence-corrected chi connectivity index (χ2v) is 8.10. The Kier molecular flexibility index (Phi) is 4.80. The number of imidazole rings is 2. The maximum Gasteiger partial charge on any atom is 0.332 e. The van der Waals surface area contributed by atoms with Crippen molar-refractivity contribution in [2.24, 2.45) is 13.0 Å². The summed E-state index contributed by atoms with van der Waals surface area (Å²) in [4.78, 5) is 30.9. The summed E-state index contributed by atoms with van der Waals surface area (Å²) in [6.07, 6.45) is 0.757. The van der Waals surface area contributed by atoms with Crippen molar-refractivity contribution in [2.75, 3.05) is 7.11 Å². The minimum atomic E-state index is -0.334. The molecule has 30 heavy (non-hydrogen) atoms. The topological polar surface area (TPSA) is 75.5 Å². The molecule has 0 aliphatic carbocycles. The molecule has 0 atom stereocenters. The Morgan fingerprint density at radius 3 is 2.33 bits per heavy atom. The number of hydrogen-bond donors (Lipinski definition) is 0. The highest BCUT2D eigenvalue weighted by atomic mass is 16.5. The van der Waals surface area contributed by atoms with Gasteiger partial charge in [0.25, 0.3) is 5.56 Å². The number of methoxy groups -OCH3 is 1. The summed E-state index contributed by atoms with van der Waals surface area (Å²) in [7, 11) is 3.30. The SMILES string of the molecule is COc1ccc(-n2c(C)c(C)n3c4c(=O)n(CCC(C)C)c(=O)n(C)c4nc23)cc1. The molecule has 0 bridgehead atoms. The van der Waals surface area contributed by atoms with Gasteiger partial charge in [-0.05, 0) is 50.5 Å². The number of nitrogens with zero attached hydrogens (tertiary/aromatic N) is 5. The Morgan fingerprint density at radius 2 is 1.73 bits per heavy atom. The first-order valence-electron chi connectivity index (χ1n) is 10.1. The first-order chi connectivity index (χ1) is 14.3. The lowest BCUT2D eigenvalue weighted by Crippen LogP contribution is -2.39. The fourth-order valence-corrected chi connectivity index (χ4v) is 3.88. The Morgan fingerprint density at radius 1 is 1.07 bits per heavy atom. The van der Waals surface area contributed by atoms with E-state index in [9.17, 15) is 9.59 Å². The van der Waals surface area contributed by atoms with Gasteiger partial charge in [-0.3, -0.25) is 22.9 Å². The third-order valence-electron chi connectivity index (χ3n) is 5.78. The predicted molar refractivity (Wildman–Crippen MR) is 117 cm³/mol. The van der Waals surface area contributed by atoms with E-state index in [0.717, 1.165) is 29.2 Å². The third kappa shape index (κ3) is 2.86. The molecule has 0 amide bonds. The van der Waals surface area contributed by atoms with Gasteiger partial charge in [0.05, 0.1) is 7.11 Å². The van der Waals surface area contributed by atoms with Crippen LogP contribution in [0.2, 0.25) is 0 Å². The number of rotatable bonds is 5. The minimum absolute atomic E-state index is 0.295. The molecule has 1 aromatic carbocycles. The highest BCUT2D eigenvalue weighted by molar-refractivity contribution is 5.77. The van der Waals surface area contributed by atoms with Gasteiger partial charge in [0.2, 0.25) is 5.78 Å². The average Bonchev–Trinajstić information content (AvgIpc) is 3.22. The van der Waals surface area contributed by atoms with Crippen LogP contribution < -0.4 is 16.0 Å². The van der Waals surface area contributed by atoms with Crippen molar-refractivity contribution in [3.05, 3.63) is 56.5 Å². The molecule has 4 aromatic rings. The Balaban J connectivity index is 2.05. The summed E-state index contributed by atoms with van der Waals surface area (Å²) in [6.45, 7) is 8.51. The number of fused-ring (bicyclic) bond motifs is 3. The van der Waals surface area contributed by atoms with Crippen LogP contribution in [0.25, 0.3) is 22.6 Å². The van der Waals surface area contributed by atoms with Crippen molar-refractivity contribution < 1.29 is 4.74 Å². The van der Waals surface area contributed by atoms with Gasteiger partial charge in [-0.2, -0.15) is 4.98 Å². The molecule has 4 rings (SSSR count). The number of aryl methyl sites for hydroxylation is 2. The molecule has 0 fully saturated rings. The van der Waals surface area contributed by atoms with E-state index in [0.29, 0.717) is 29.4 Å². The molecule has 0 spiro atoms. The van der Waals surface area contributed by atoms with Crippen LogP contribution in [0.5, 0.6) is 5.75 Å². The van der Waals surface area contributed by atoms with Crippen LogP contribution in [0.3, 0.4) is 0 Å². The van der Waals surface area contributed by atoms with Gasteiger partial charge >= 0.3 is 5.69 Å². The van der Waals surface area contributed by atoms with Gasteiger partial charge in [0.15, 0.2) is 11.2 Å². The van der Waals surface area contributed by atoms with Gasteiger partial charge < -0.3 is 4.74 Å². The molecule has 0 aliphatic heterocycles. The molecule has 0 N–H and O–H groups in total. The Bertz CT molecular complexity index is 1370. The minimum Gasteiger partial charge on any atom is -0.497 e. The zero-order valence-electron chi connectivity index (χ0n) is 18.3.